The van der Waals surface area contributed by atoms with E-state index in [2.05, 4.69) is 10.1 Å². The quantitative estimate of drug-likeness (QED) is 0.390. The normalized spacial score (nSPS) is 15.7. The number of urea groups is 1. The van der Waals surface area contributed by atoms with Crippen molar-refractivity contribution in [3.63, 3.8) is 0 Å². The summed E-state index contributed by atoms with van der Waals surface area (Å²) in [5, 5.41) is 2.56. The Hall–Kier alpha value is -3.75. The first-order valence-corrected chi connectivity index (χ1v) is 9.73. The molecule has 2 aromatic rings. The number of amides is 3. The number of nitrogens with zero attached hydrogens (tertiary/aromatic N) is 1. The monoisotopic (exact) mass is 428 g/mol. The topological polar surface area (TPSA) is 107 Å². The molecule has 0 spiro atoms. The summed E-state index contributed by atoms with van der Waals surface area (Å²) in [5.74, 6) is 0.0976. The van der Waals surface area contributed by atoms with Crippen LogP contribution in [0.4, 0.5) is 4.79 Å². The number of para-hydroxylation sites is 1. The number of hydrogen-bond donors (Lipinski definition) is 1. The van der Waals surface area contributed by atoms with Crippen molar-refractivity contribution in [2.75, 3.05) is 14.2 Å². The average molecular weight is 428 g/mol. The lowest BCUT2D eigenvalue weighted by Crippen LogP contribution is -2.30. The van der Waals surface area contributed by atoms with E-state index in [0.717, 1.165) is 11.3 Å². The van der Waals surface area contributed by atoms with Gasteiger partial charge in [-0.25, -0.2) is 9.59 Å². The van der Waals surface area contributed by atoms with Gasteiger partial charge in [0, 0.05) is 5.56 Å². The summed E-state index contributed by atoms with van der Waals surface area (Å²) in [4.78, 5) is 37.7. The fourth-order valence-electron chi connectivity index (χ4n) is 2.92. The van der Waals surface area contributed by atoms with Crippen LogP contribution in [0.2, 0.25) is 0 Å². The van der Waals surface area contributed by atoms with Crippen LogP contribution < -0.4 is 14.8 Å². The molecule has 0 saturated carbocycles. The van der Waals surface area contributed by atoms with Crippen LogP contribution in [0.25, 0.3) is 6.08 Å². The van der Waals surface area contributed by atoms with Crippen LogP contribution in [-0.2, 0) is 16.1 Å². The van der Waals surface area contributed by atoms with Gasteiger partial charge in [0.2, 0.25) is 5.76 Å². The fourth-order valence-corrected chi connectivity index (χ4v) is 2.92. The molecule has 164 valence electrons. The second-order valence-electron chi connectivity index (χ2n) is 6.85. The van der Waals surface area contributed by atoms with Crippen LogP contribution in [0, 0.1) is 0 Å². The number of nitrogens with one attached hydrogen (secondary N) is 1. The minimum absolute atomic E-state index is 0.0106. The van der Waals surface area contributed by atoms with E-state index in [1.807, 2.05) is 13.8 Å². The molecular formula is C22H24N2O7. The molecule has 0 unspecified atom stereocenters. The second kappa shape index (κ2) is 9.38. The first kappa shape index (κ1) is 21.9. The van der Waals surface area contributed by atoms with Crippen molar-refractivity contribution in [1.82, 2.24) is 10.2 Å². The lowest BCUT2D eigenvalue weighted by molar-refractivity contribution is -0.123. The number of methoxy groups -OCH3 is 2. The maximum Gasteiger partial charge on any atom is 0.373 e. The first-order chi connectivity index (χ1) is 14.9. The smallest absolute Gasteiger partial charge is 0.373 e. The maximum atomic E-state index is 12.8. The highest BCUT2D eigenvalue weighted by molar-refractivity contribution is 6.14. The largest absolute Gasteiger partial charge is 0.493 e. The second-order valence-corrected chi connectivity index (χ2v) is 6.85. The SMILES string of the molecule is CC[C@H](C)Oc1c(/C=C2\NC(=O)N(Cc3ccc(C(=O)OC)o3)C2=O)cccc1OC. The molecular weight excluding hydrogens is 404 g/mol. The van der Waals surface area contributed by atoms with E-state index in [1.54, 1.807) is 24.3 Å². The lowest BCUT2D eigenvalue weighted by Gasteiger charge is -2.17. The van der Waals surface area contributed by atoms with Gasteiger partial charge in [-0.2, -0.15) is 0 Å². The van der Waals surface area contributed by atoms with Crippen molar-refractivity contribution in [3.8, 4) is 11.5 Å². The molecule has 1 atom stereocenters. The molecule has 1 N–H and O–H groups in total. The van der Waals surface area contributed by atoms with E-state index in [0.29, 0.717) is 17.1 Å². The van der Waals surface area contributed by atoms with E-state index in [9.17, 15) is 14.4 Å². The zero-order valence-electron chi connectivity index (χ0n) is 17.8. The molecule has 3 amide bonds. The van der Waals surface area contributed by atoms with Gasteiger partial charge < -0.3 is 23.9 Å². The predicted molar refractivity (Wildman–Crippen MR) is 110 cm³/mol. The molecule has 1 aromatic carbocycles. The molecule has 1 aliphatic heterocycles. The van der Waals surface area contributed by atoms with Crippen molar-refractivity contribution in [2.24, 2.45) is 0 Å². The number of rotatable bonds is 8. The summed E-state index contributed by atoms with van der Waals surface area (Å²) in [6.45, 7) is 3.80. The number of furan rings is 1. The van der Waals surface area contributed by atoms with Gasteiger partial charge in [-0.05, 0) is 37.6 Å². The Labute approximate surface area is 179 Å². The summed E-state index contributed by atoms with van der Waals surface area (Å²) in [5.41, 5.74) is 0.683. The number of imide groups is 1. The molecule has 1 saturated heterocycles. The Kier molecular flexibility index (Phi) is 6.64. The summed E-state index contributed by atoms with van der Waals surface area (Å²) in [7, 11) is 2.77. The number of hydrogen-bond acceptors (Lipinski definition) is 7. The molecule has 0 radical (unpaired) electrons. The zero-order valence-corrected chi connectivity index (χ0v) is 17.8. The molecule has 1 fully saturated rings. The van der Waals surface area contributed by atoms with Gasteiger partial charge in [-0.3, -0.25) is 9.69 Å². The molecule has 0 aliphatic carbocycles. The van der Waals surface area contributed by atoms with E-state index in [1.165, 1.54) is 26.4 Å². The molecule has 2 heterocycles. The van der Waals surface area contributed by atoms with Crippen LogP contribution >= 0.6 is 0 Å². The molecule has 9 nitrogen and oxygen atoms in total. The Balaban J connectivity index is 1.85. The van der Waals surface area contributed by atoms with Gasteiger partial charge in [0.05, 0.1) is 26.9 Å². The first-order valence-electron chi connectivity index (χ1n) is 9.73. The fraction of sp³-hybridized carbons (Fsp3) is 0.318. The predicted octanol–water partition coefficient (Wildman–Crippen LogP) is 3.35. The lowest BCUT2D eigenvalue weighted by atomic mass is 10.1. The van der Waals surface area contributed by atoms with Crippen molar-refractivity contribution in [3.05, 3.63) is 53.1 Å². The summed E-state index contributed by atoms with van der Waals surface area (Å²) < 4.78 is 21.3. The third kappa shape index (κ3) is 4.71. The Morgan fingerprint density at radius 3 is 2.68 bits per heavy atom. The van der Waals surface area contributed by atoms with Gasteiger partial charge in [0.1, 0.15) is 11.5 Å². The minimum atomic E-state index is -0.643. The number of ether oxygens (including phenoxy) is 3. The van der Waals surface area contributed by atoms with E-state index >= 15 is 0 Å². The van der Waals surface area contributed by atoms with E-state index in [-0.39, 0.29) is 29.9 Å². The van der Waals surface area contributed by atoms with Crippen molar-refractivity contribution in [1.29, 1.82) is 0 Å². The van der Waals surface area contributed by atoms with Crippen LogP contribution in [0.1, 0.15) is 42.1 Å². The van der Waals surface area contributed by atoms with E-state index < -0.39 is 17.9 Å². The summed E-state index contributed by atoms with van der Waals surface area (Å²) in [6.07, 6.45) is 2.26. The van der Waals surface area contributed by atoms with Crippen LogP contribution in [0.15, 0.2) is 40.4 Å². The number of carbonyl (C=O) groups excluding carboxylic acids is 3. The highest BCUT2D eigenvalue weighted by atomic mass is 16.5. The number of esters is 1. The third-order valence-corrected chi connectivity index (χ3v) is 4.75. The zero-order chi connectivity index (χ0) is 22.5. The molecule has 31 heavy (non-hydrogen) atoms. The highest BCUT2D eigenvalue weighted by Crippen LogP contribution is 2.34. The Morgan fingerprint density at radius 1 is 1.23 bits per heavy atom. The minimum Gasteiger partial charge on any atom is -0.493 e. The van der Waals surface area contributed by atoms with Crippen LogP contribution in [0.5, 0.6) is 11.5 Å². The Bertz CT molecular complexity index is 1020. The maximum absolute atomic E-state index is 12.8. The van der Waals surface area contributed by atoms with Gasteiger partial charge in [-0.1, -0.05) is 19.1 Å². The summed E-state index contributed by atoms with van der Waals surface area (Å²) >= 11 is 0. The third-order valence-electron chi connectivity index (χ3n) is 4.75. The standard InChI is InChI=1S/C22H24N2O7/c1-5-13(2)30-19-14(7-6-8-17(19)28-3)11-16-20(25)24(22(27)23-16)12-15-9-10-18(31-15)21(26)29-4/h6-11,13H,5,12H2,1-4H3,(H,23,27)/b16-11-/t13-/m0/s1. The Morgan fingerprint density at radius 2 is 2.00 bits per heavy atom. The molecule has 9 heteroatoms. The highest BCUT2D eigenvalue weighted by Gasteiger charge is 2.34. The molecule has 1 aliphatic rings. The number of carbonyl (C=O) groups is 3. The van der Waals surface area contributed by atoms with Crippen LogP contribution in [-0.4, -0.2) is 43.1 Å². The van der Waals surface area contributed by atoms with Crippen molar-refractivity contribution >= 4 is 24.0 Å². The van der Waals surface area contributed by atoms with E-state index in [4.69, 9.17) is 13.9 Å². The van der Waals surface area contributed by atoms with Gasteiger partial charge >= 0.3 is 12.0 Å². The van der Waals surface area contributed by atoms with Crippen LogP contribution in [0.3, 0.4) is 0 Å². The average Bonchev–Trinajstić information content (AvgIpc) is 3.34. The molecule has 3 rings (SSSR count). The van der Waals surface area contributed by atoms with Crippen molar-refractivity contribution < 1.29 is 33.0 Å². The van der Waals surface area contributed by atoms with Gasteiger partial charge in [0.25, 0.3) is 5.91 Å². The molecule has 0 bridgehead atoms. The molecule has 1 aromatic heterocycles. The van der Waals surface area contributed by atoms with Crippen molar-refractivity contribution in [2.45, 2.75) is 32.9 Å². The number of benzene rings is 1. The van der Waals surface area contributed by atoms with Gasteiger partial charge in [0.15, 0.2) is 11.5 Å². The van der Waals surface area contributed by atoms with Gasteiger partial charge in [-0.15, -0.1) is 0 Å². The summed E-state index contributed by atoms with van der Waals surface area (Å²) in [6, 6.07) is 7.63.